The molecule has 0 aromatic heterocycles. The number of ether oxygens (including phenoxy) is 1. The molecule has 1 heterocycles. The van der Waals surface area contributed by atoms with Crippen molar-refractivity contribution in [3.63, 3.8) is 0 Å². The fourth-order valence-electron chi connectivity index (χ4n) is 2.85. The Balaban J connectivity index is 2.00. The average Bonchev–Trinajstić information content (AvgIpc) is 3.00. The monoisotopic (exact) mass is 348 g/mol. The first kappa shape index (κ1) is 18.8. The number of hydrogen-bond acceptors (Lipinski definition) is 4. The summed E-state index contributed by atoms with van der Waals surface area (Å²) < 4.78 is 5.09. The van der Waals surface area contributed by atoms with Crippen molar-refractivity contribution in [3.05, 3.63) is 24.3 Å². The Bertz CT molecular complexity index is 629. The SMILES string of the molecule is CCCCC(NC(=O)C1CC(=O)N(c2ccc(OC)cc2)C1)C(=O)O. The lowest BCUT2D eigenvalue weighted by Gasteiger charge is -2.19. The fraction of sp³-hybridized carbons (Fsp3) is 0.500. The van der Waals surface area contributed by atoms with Gasteiger partial charge in [0.1, 0.15) is 11.8 Å². The van der Waals surface area contributed by atoms with Crippen molar-refractivity contribution in [1.82, 2.24) is 5.32 Å². The summed E-state index contributed by atoms with van der Waals surface area (Å²) in [6.07, 6.45) is 2.05. The smallest absolute Gasteiger partial charge is 0.326 e. The molecule has 0 bridgehead atoms. The summed E-state index contributed by atoms with van der Waals surface area (Å²) in [5.41, 5.74) is 0.696. The van der Waals surface area contributed by atoms with Crippen LogP contribution in [0.3, 0.4) is 0 Å². The maximum absolute atomic E-state index is 12.4. The molecule has 2 unspecified atom stereocenters. The quantitative estimate of drug-likeness (QED) is 0.747. The van der Waals surface area contributed by atoms with E-state index in [9.17, 15) is 19.5 Å². The van der Waals surface area contributed by atoms with E-state index >= 15 is 0 Å². The van der Waals surface area contributed by atoms with Crippen molar-refractivity contribution >= 4 is 23.5 Å². The molecule has 2 N–H and O–H groups in total. The van der Waals surface area contributed by atoms with E-state index in [1.807, 2.05) is 6.92 Å². The zero-order valence-corrected chi connectivity index (χ0v) is 14.5. The minimum absolute atomic E-state index is 0.0813. The number of rotatable bonds is 8. The molecule has 1 aliphatic rings. The number of anilines is 1. The van der Waals surface area contributed by atoms with Crippen molar-refractivity contribution in [1.29, 1.82) is 0 Å². The first-order valence-corrected chi connectivity index (χ1v) is 8.43. The van der Waals surface area contributed by atoms with Gasteiger partial charge < -0.3 is 20.1 Å². The van der Waals surface area contributed by atoms with Gasteiger partial charge in [0.2, 0.25) is 11.8 Å². The van der Waals surface area contributed by atoms with Gasteiger partial charge in [0.05, 0.1) is 13.0 Å². The number of nitrogens with zero attached hydrogens (tertiary/aromatic N) is 1. The van der Waals surface area contributed by atoms with Gasteiger partial charge in [-0.2, -0.15) is 0 Å². The second-order valence-corrected chi connectivity index (χ2v) is 6.15. The topological polar surface area (TPSA) is 95.9 Å². The lowest BCUT2D eigenvalue weighted by atomic mass is 10.1. The molecule has 2 amide bonds. The average molecular weight is 348 g/mol. The van der Waals surface area contributed by atoms with E-state index in [1.54, 1.807) is 36.3 Å². The third kappa shape index (κ3) is 4.71. The highest BCUT2D eigenvalue weighted by molar-refractivity contribution is 6.00. The number of benzene rings is 1. The minimum Gasteiger partial charge on any atom is -0.497 e. The van der Waals surface area contributed by atoms with Gasteiger partial charge in [0, 0.05) is 18.7 Å². The number of unbranched alkanes of at least 4 members (excludes halogenated alkanes) is 1. The molecule has 0 spiro atoms. The highest BCUT2D eigenvalue weighted by Crippen LogP contribution is 2.27. The molecule has 1 fully saturated rings. The zero-order chi connectivity index (χ0) is 18.4. The van der Waals surface area contributed by atoms with Gasteiger partial charge in [-0.25, -0.2) is 4.79 Å². The van der Waals surface area contributed by atoms with E-state index in [0.29, 0.717) is 17.9 Å². The van der Waals surface area contributed by atoms with Crippen molar-refractivity contribution in [2.24, 2.45) is 5.92 Å². The number of hydrogen-bond donors (Lipinski definition) is 2. The van der Waals surface area contributed by atoms with Crippen LogP contribution in [0.25, 0.3) is 0 Å². The van der Waals surface area contributed by atoms with Crippen LogP contribution in [-0.4, -0.2) is 42.6 Å². The standard InChI is InChI=1S/C18H24N2O5/c1-3-4-5-15(18(23)24)19-17(22)12-10-16(21)20(11-12)13-6-8-14(25-2)9-7-13/h6-9,12,15H,3-5,10-11H2,1-2H3,(H,19,22)(H,23,24). The highest BCUT2D eigenvalue weighted by atomic mass is 16.5. The maximum atomic E-state index is 12.4. The Hall–Kier alpha value is -2.57. The zero-order valence-electron chi connectivity index (χ0n) is 14.5. The number of carbonyl (C=O) groups is 3. The lowest BCUT2D eigenvalue weighted by molar-refractivity contribution is -0.142. The fourth-order valence-corrected chi connectivity index (χ4v) is 2.85. The second-order valence-electron chi connectivity index (χ2n) is 6.15. The molecule has 136 valence electrons. The van der Waals surface area contributed by atoms with Gasteiger partial charge in [0.25, 0.3) is 0 Å². The molecule has 0 saturated carbocycles. The Morgan fingerprint density at radius 3 is 2.60 bits per heavy atom. The predicted octanol–water partition coefficient (Wildman–Crippen LogP) is 1.81. The number of nitrogens with one attached hydrogen (secondary N) is 1. The van der Waals surface area contributed by atoms with Crippen molar-refractivity contribution in [2.45, 2.75) is 38.6 Å². The number of methoxy groups -OCH3 is 1. The summed E-state index contributed by atoms with van der Waals surface area (Å²) >= 11 is 0. The minimum atomic E-state index is -1.04. The van der Waals surface area contributed by atoms with Crippen LogP contribution in [0, 0.1) is 5.92 Å². The Kier molecular flexibility index (Phi) is 6.38. The molecule has 7 nitrogen and oxygen atoms in total. The van der Waals surface area contributed by atoms with Crippen LogP contribution >= 0.6 is 0 Å². The molecule has 25 heavy (non-hydrogen) atoms. The Labute approximate surface area is 147 Å². The molecule has 0 aliphatic carbocycles. The summed E-state index contributed by atoms with van der Waals surface area (Å²) in [7, 11) is 1.56. The van der Waals surface area contributed by atoms with E-state index < -0.39 is 17.9 Å². The Morgan fingerprint density at radius 1 is 1.36 bits per heavy atom. The largest absolute Gasteiger partial charge is 0.497 e. The van der Waals surface area contributed by atoms with Crippen LogP contribution in [0.5, 0.6) is 5.75 Å². The number of carboxylic acid groups (broad SMARTS) is 1. The molecule has 2 rings (SSSR count). The molecule has 2 atom stereocenters. The lowest BCUT2D eigenvalue weighted by Crippen LogP contribution is -2.44. The molecule has 0 radical (unpaired) electrons. The third-order valence-corrected chi connectivity index (χ3v) is 4.34. The van der Waals surface area contributed by atoms with E-state index in [4.69, 9.17) is 4.74 Å². The van der Waals surface area contributed by atoms with E-state index in [-0.39, 0.29) is 24.8 Å². The molecule has 1 aromatic carbocycles. The van der Waals surface area contributed by atoms with Crippen LogP contribution < -0.4 is 15.0 Å². The molecule has 1 aliphatic heterocycles. The summed E-state index contributed by atoms with van der Waals surface area (Å²) in [6, 6.07) is 6.12. The predicted molar refractivity (Wildman–Crippen MR) is 92.5 cm³/mol. The van der Waals surface area contributed by atoms with Crippen molar-refractivity contribution in [2.75, 3.05) is 18.6 Å². The maximum Gasteiger partial charge on any atom is 0.326 e. The van der Waals surface area contributed by atoms with Gasteiger partial charge >= 0.3 is 5.97 Å². The third-order valence-electron chi connectivity index (χ3n) is 4.34. The first-order valence-electron chi connectivity index (χ1n) is 8.43. The summed E-state index contributed by atoms with van der Waals surface area (Å²) in [5.74, 6) is -1.43. The molecular formula is C18H24N2O5. The van der Waals surface area contributed by atoms with Gasteiger partial charge in [-0.05, 0) is 30.7 Å². The summed E-state index contributed by atoms with van der Waals surface area (Å²) in [6.45, 7) is 2.21. The van der Waals surface area contributed by atoms with Gasteiger partial charge in [0.15, 0.2) is 0 Å². The first-order chi connectivity index (χ1) is 12.0. The number of amides is 2. The van der Waals surface area contributed by atoms with Crippen LogP contribution in [0.4, 0.5) is 5.69 Å². The summed E-state index contributed by atoms with van der Waals surface area (Å²) in [5, 5.41) is 11.8. The number of carboxylic acids is 1. The van der Waals surface area contributed by atoms with E-state index in [2.05, 4.69) is 5.32 Å². The van der Waals surface area contributed by atoms with Crippen molar-refractivity contribution in [3.8, 4) is 5.75 Å². The molecule has 1 aromatic rings. The normalized spacial score (nSPS) is 18.1. The van der Waals surface area contributed by atoms with Crippen LogP contribution in [-0.2, 0) is 14.4 Å². The van der Waals surface area contributed by atoms with Crippen LogP contribution in [0.15, 0.2) is 24.3 Å². The number of carbonyl (C=O) groups excluding carboxylic acids is 2. The summed E-state index contributed by atoms with van der Waals surface area (Å²) in [4.78, 5) is 37.4. The van der Waals surface area contributed by atoms with Gasteiger partial charge in [-0.3, -0.25) is 9.59 Å². The van der Waals surface area contributed by atoms with E-state index in [0.717, 1.165) is 12.8 Å². The van der Waals surface area contributed by atoms with Crippen molar-refractivity contribution < 1.29 is 24.2 Å². The molecule has 1 saturated heterocycles. The second kappa shape index (κ2) is 8.50. The molecule has 7 heteroatoms. The van der Waals surface area contributed by atoms with Crippen LogP contribution in [0.2, 0.25) is 0 Å². The highest BCUT2D eigenvalue weighted by Gasteiger charge is 2.36. The van der Waals surface area contributed by atoms with Gasteiger partial charge in [-0.1, -0.05) is 19.8 Å². The molecular weight excluding hydrogens is 324 g/mol. The van der Waals surface area contributed by atoms with E-state index in [1.165, 1.54) is 0 Å². The van der Waals surface area contributed by atoms with Crippen LogP contribution in [0.1, 0.15) is 32.6 Å². The number of aliphatic carboxylic acids is 1. The van der Waals surface area contributed by atoms with Gasteiger partial charge in [-0.15, -0.1) is 0 Å². The Morgan fingerprint density at radius 2 is 2.04 bits per heavy atom.